The van der Waals surface area contributed by atoms with Crippen molar-refractivity contribution in [2.24, 2.45) is 0 Å². The van der Waals surface area contributed by atoms with Gasteiger partial charge in [0.1, 0.15) is 10.7 Å². The molecular formula is C20H22N4O3S. The summed E-state index contributed by atoms with van der Waals surface area (Å²) in [5, 5.41) is 21.4. The molecular weight excluding hydrogens is 376 g/mol. The maximum Gasteiger partial charge on any atom is 0.337 e. The van der Waals surface area contributed by atoms with Crippen LogP contribution in [0, 0.1) is 11.3 Å². The predicted molar refractivity (Wildman–Crippen MR) is 108 cm³/mol. The molecule has 0 atom stereocenters. The molecule has 0 aliphatic carbocycles. The number of anilines is 1. The van der Waals surface area contributed by atoms with Gasteiger partial charge in [0.05, 0.1) is 35.3 Å². The summed E-state index contributed by atoms with van der Waals surface area (Å²) in [7, 11) is 0. The Morgan fingerprint density at radius 2 is 1.96 bits per heavy atom. The summed E-state index contributed by atoms with van der Waals surface area (Å²) in [5.74, 6) is -0.836. The number of aromatic nitrogens is 2. The summed E-state index contributed by atoms with van der Waals surface area (Å²) in [5.41, 5.74) is 0.235. The number of aromatic carboxylic acids is 1. The van der Waals surface area contributed by atoms with Crippen LogP contribution in [0.5, 0.6) is 0 Å². The molecule has 8 heteroatoms. The third-order valence-electron chi connectivity index (χ3n) is 3.99. The minimum absolute atomic E-state index is 0.0907. The van der Waals surface area contributed by atoms with E-state index in [1.807, 2.05) is 6.07 Å². The number of benzene rings is 1. The predicted octanol–water partition coefficient (Wildman–Crippen LogP) is 4.36. The van der Waals surface area contributed by atoms with Gasteiger partial charge in [0.15, 0.2) is 0 Å². The highest BCUT2D eigenvalue weighted by molar-refractivity contribution is 7.99. The first-order valence-electron chi connectivity index (χ1n) is 9.08. The van der Waals surface area contributed by atoms with Crippen molar-refractivity contribution in [3.8, 4) is 6.07 Å². The molecule has 2 aromatic rings. The average Bonchev–Trinajstić information content (AvgIpc) is 2.71. The largest absolute Gasteiger partial charge is 0.478 e. The number of nitrogens with one attached hydrogen (secondary N) is 1. The minimum Gasteiger partial charge on any atom is -0.478 e. The third-order valence-corrected chi connectivity index (χ3v) is 4.99. The molecule has 0 saturated carbocycles. The number of carboxylic acids is 1. The van der Waals surface area contributed by atoms with Crippen LogP contribution in [0.1, 0.15) is 65.4 Å². The van der Waals surface area contributed by atoms with Crippen LogP contribution in [-0.4, -0.2) is 32.7 Å². The lowest BCUT2D eigenvalue weighted by Crippen LogP contribution is -2.16. The highest BCUT2D eigenvalue weighted by atomic mass is 32.2. The molecule has 146 valence electrons. The Hall–Kier alpha value is -2.92. The molecule has 0 aliphatic heterocycles. The van der Waals surface area contributed by atoms with E-state index >= 15 is 0 Å². The molecule has 28 heavy (non-hydrogen) atoms. The number of hydrogen-bond donors (Lipinski definition) is 2. The highest BCUT2D eigenvalue weighted by Crippen LogP contribution is 2.19. The number of unbranched alkanes of at least 4 members (excludes halogenated alkanes) is 4. The molecule has 1 aromatic carbocycles. The number of carboxylic acid groups (broad SMARTS) is 1. The second-order valence-corrected chi connectivity index (χ2v) is 7.25. The van der Waals surface area contributed by atoms with Crippen LogP contribution in [0.4, 0.5) is 5.69 Å². The van der Waals surface area contributed by atoms with E-state index in [-0.39, 0.29) is 22.5 Å². The van der Waals surface area contributed by atoms with Gasteiger partial charge >= 0.3 is 5.97 Å². The molecule has 0 spiro atoms. The second kappa shape index (κ2) is 11.0. The first kappa shape index (κ1) is 21.4. The molecule has 7 nitrogen and oxygen atoms in total. The normalized spacial score (nSPS) is 10.3. The fourth-order valence-electron chi connectivity index (χ4n) is 2.48. The Bertz CT molecular complexity index is 863. The number of amides is 1. The topological polar surface area (TPSA) is 116 Å². The van der Waals surface area contributed by atoms with E-state index in [2.05, 4.69) is 22.2 Å². The van der Waals surface area contributed by atoms with Gasteiger partial charge in [-0.05, 0) is 30.4 Å². The first-order chi connectivity index (χ1) is 13.5. The lowest BCUT2D eigenvalue weighted by molar-refractivity contribution is 0.0698. The maximum absolute atomic E-state index is 12.3. The number of hydrogen-bond acceptors (Lipinski definition) is 6. The van der Waals surface area contributed by atoms with Crippen molar-refractivity contribution in [2.45, 2.75) is 44.1 Å². The van der Waals surface area contributed by atoms with E-state index in [4.69, 9.17) is 5.26 Å². The van der Waals surface area contributed by atoms with Gasteiger partial charge in [-0.1, -0.05) is 32.6 Å². The molecule has 0 radical (unpaired) electrons. The summed E-state index contributed by atoms with van der Waals surface area (Å²) >= 11 is 1.60. The molecule has 2 N–H and O–H groups in total. The van der Waals surface area contributed by atoms with Crippen LogP contribution in [0.3, 0.4) is 0 Å². The van der Waals surface area contributed by atoms with Gasteiger partial charge in [0, 0.05) is 0 Å². The maximum atomic E-state index is 12.3. The Balaban J connectivity index is 1.95. The molecule has 0 bridgehead atoms. The summed E-state index contributed by atoms with van der Waals surface area (Å²) in [4.78, 5) is 32.0. The zero-order valence-corrected chi connectivity index (χ0v) is 16.5. The first-order valence-corrected chi connectivity index (χ1v) is 10.1. The molecule has 0 unspecified atom stereocenters. The van der Waals surface area contributed by atoms with Gasteiger partial charge in [0.25, 0.3) is 5.91 Å². The Morgan fingerprint density at radius 3 is 2.61 bits per heavy atom. The summed E-state index contributed by atoms with van der Waals surface area (Å²) < 4.78 is 0. The molecule has 0 aliphatic rings. The van der Waals surface area contributed by atoms with E-state index in [0.717, 1.165) is 17.2 Å². The van der Waals surface area contributed by atoms with Crippen LogP contribution in [0.25, 0.3) is 0 Å². The lowest BCUT2D eigenvalue weighted by atomic mass is 10.1. The molecule has 1 heterocycles. The van der Waals surface area contributed by atoms with Crippen molar-refractivity contribution in [3.63, 3.8) is 0 Å². The van der Waals surface area contributed by atoms with Crippen LogP contribution in [-0.2, 0) is 0 Å². The standard InChI is InChI=1S/C20H22N4O3S/c1-2-3-4-5-6-9-28-18-13-22-17(12-23-18)19(25)24-16-8-7-14(11-21)10-15(16)20(26)27/h7-8,10,12-13H,2-6,9H2,1H3,(H,24,25)(H,26,27). The quantitative estimate of drug-likeness (QED) is 0.451. The lowest BCUT2D eigenvalue weighted by Gasteiger charge is -2.08. The van der Waals surface area contributed by atoms with Gasteiger partial charge < -0.3 is 10.4 Å². The molecule has 0 fully saturated rings. The Morgan fingerprint density at radius 1 is 1.18 bits per heavy atom. The molecule has 0 saturated heterocycles. The minimum atomic E-state index is -1.23. The summed E-state index contributed by atoms with van der Waals surface area (Å²) in [6, 6.07) is 5.91. The van der Waals surface area contributed by atoms with Crippen molar-refractivity contribution >= 4 is 29.3 Å². The number of nitrogens with zero attached hydrogens (tertiary/aromatic N) is 3. The SMILES string of the molecule is CCCCCCCSc1cnc(C(=O)Nc2ccc(C#N)cc2C(=O)O)cn1. The number of thioether (sulfide) groups is 1. The third kappa shape index (κ3) is 6.35. The van der Waals surface area contributed by atoms with Gasteiger partial charge in [-0.25, -0.2) is 14.8 Å². The summed E-state index contributed by atoms with van der Waals surface area (Å²) in [6.45, 7) is 2.19. The second-order valence-electron chi connectivity index (χ2n) is 6.13. The van der Waals surface area contributed by atoms with Crippen molar-refractivity contribution in [3.05, 3.63) is 47.4 Å². The van der Waals surface area contributed by atoms with Gasteiger partial charge in [0.2, 0.25) is 0 Å². The van der Waals surface area contributed by atoms with Crippen LogP contribution < -0.4 is 5.32 Å². The van der Waals surface area contributed by atoms with Crippen molar-refractivity contribution < 1.29 is 14.7 Å². The molecule has 2 rings (SSSR count). The number of carbonyl (C=O) groups is 2. The monoisotopic (exact) mass is 398 g/mol. The number of carbonyl (C=O) groups excluding carboxylic acids is 1. The van der Waals surface area contributed by atoms with Crippen molar-refractivity contribution in [1.29, 1.82) is 5.26 Å². The number of nitriles is 1. The smallest absolute Gasteiger partial charge is 0.337 e. The van der Waals surface area contributed by atoms with Crippen LogP contribution in [0.2, 0.25) is 0 Å². The van der Waals surface area contributed by atoms with Gasteiger partial charge in [-0.15, -0.1) is 11.8 Å². The van der Waals surface area contributed by atoms with E-state index in [1.165, 1.54) is 50.1 Å². The molecule has 1 aromatic heterocycles. The average molecular weight is 398 g/mol. The van der Waals surface area contributed by atoms with E-state index < -0.39 is 11.9 Å². The van der Waals surface area contributed by atoms with Crippen LogP contribution >= 0.6 is 11.8 Å². The van der Waals surface area contributed by atoms with E-state index in [1.54, 1.807) is 18.0 Å². The van der Waals surface area contributed by atoms with Gasteiger partial charge in [-0.2, -0.15) is 5.26 Å². The zero-order valence-electron chi connectivity index (χ0n) is 15.6. The van der Waals surface area contributed by atoms with Gasteiger partial charge in [-0.3, -0.25) is 4.79 Å². The zero-order chi connectivity index (χ0) is 20.4. The van der Waals surface area contributed by atoms with Crippen molar-refractivity contribution in [1.82, 2.24) is 9.97 Å². The fourth-order valence-corrected chi connectivity index (χ4v) is 3.29. The Labute approximate surface area is 168 Å². The van der Waals surface area contributed by atoms with Crippen molar-refractivity contribution in [2.75, 3.05) is 11.1 Å². The molecule has 1 amide bonds. The number of rotatable bonds is 10. The highest BCUT2D eigenvalue weighted by Gasteiger charge is 2.15. The van der Waals surface area contributed by atoms with Crippen LogP contribution in [0.15, 0.2) is 35.6 Å². The Kier molecular flexibility index (Phi) is 8.43. The fraction of sp³-hybridized carbons (Fsp3) is 0.350. The summed E-state index contributed by atoms with van der Waals surface area (Å²) in [6.07, 6.45) is 8.96. The van der Waals surface area contributed by atoms with E-state index in [0.29, 0.717) is 0 Å². The van der Waals surface area contributed by atoms with E-state index in [9.17, 15) is 14.7 Å².